The van der Waals surface area contributed by atoms with Gasteiger partial charge in [0.15, 0.2) is 6.10 Å². The number of esters is 2. The number of carbonyl (C=O) groups is 2. The van der Waals surface area contributed by atoms with Gasteiger partial charge in [-0.2, -0.15) is 0 Å². The molecule has 1 unspecified atom stereocenters. The standard InChI is InChI=1S/C40H72O15P2/c1-4-5-6-7-13-18-24-35(41)25-19-15-16-20-26-36(42)27-22-29-39(44)51-32-38(33-54-57(49,50)53-31-37(43)30-52-56(46,47)48)55-40(45)28-21-14-11-9-8-10-12-17-23-34(2)3/h13,15-16,18-20,25-26,34-38,41-43H,4-12,14,17,21-24,27-33H2,1-3H3,(H,49,50)(H2,46,47,48)/b16-15+,18-13-,25-19+,26-20-/t35-,36-,37+,38-/m1/s1. The van der Waals surface area contributed by atoms with Gasteiger partial charge < -0.3 is 39.5 Å². The molecule has 0 amide bonds. The number of aliphatic hydroxyl groups is 3. The summed E-state index contributed by atoms with van der Waals surface area (Å²) in [4.78, 5) is 52.5. The van der Waals surface area contributed by atoms with Crippen LogP contribution in [0.5, 0.6) is 0 Å². The maximum Gasteiger partial charge on any atom is 0.472 e. The van der Waals surface area contributed by atoms with Gasteiger partial charge in [-0.05, 0) is 44.4 Å². The minimum Gasteiger partial charge on any atom is -0.462 e. The summed E-state index contributed by atoms with van der Waals surface area (Å²) in [7, 11) is -9.75. The van der Waals surface area contributed by atoms with Crippen LogP contribution in [0, 0.1) is 5.92 Å². The van der Waals surface area contributed by atoms with E-state index < -0.39 is 78.4 Å². The van der Waals surface area contributed by atoms with Gasteiger partial charge in [0, 0.05) is 12.8 Å². The van der Waals surface area contributed by atoms with Crippen LogP contribution in [0.2, 0.25) is 0 Å². The fourth-order valence-corrected chi connectivity index (χ4v) is 6.29. The Morgan fingerprint density at radius 1 is 0.614 bits per heavy atom. The van der Waals surface area contributed by atoms with Crippen LogP contribution in [0.3, 0.4) is 0 Å². The number of ether oxygens (including phenoxy) is 2. The second-order valence-electron chi connectivity index (χ2n) is 14.4. The summed E-state index contributed by atoms with van der Waals surface area (Å²) in [5, 5.41) is 30.0. The minimum atomic E-state index is -4.89. The summed E-state index contributed by atoms with van der Waals surface area (Å²) in [6.07, 6.45) is 24.8. The Hall–Kier alpha value is -2.00. The van der Waals surface area contributed by atoms with Crippen LogP contribution in [-0.2, 0) is 41.8 Å². The molecular weight excluding hydrogens is 782 g/mol. The van der Waals surface area contributed by atoms with E-state index in [1.54, 1.807) is 36.5 Å². The Labute approximate surface area is 340 Å². The van der Waals surface area contributed by atoms with E-state index in [2.05, 4.69) is 35.9 Å². The lowest BCUT2D eigenvalue weighted by molar-refractivity contribution is -0.161. The number of phosphoric acid groups is 2. The van der Waals surface area contributed by atoms with Crippen LogP contribution in [0.25, 0.3) is 0 Å². The molecule has 5 atom stereocenters. The molecule has 0 aliphatic rings. The van der Waals surface area contributed by atoms with E-state index in [-0.39, 0.29) is 25.7 Å². The zero-order valence-electron chi connectivity index (χ0n) is 34.3. The second kappa shape index (κ2) is 34.8. The zero-order valence-corrected chi connectivity index (χ0v) is 36.1. The first-order chi connectivity index (χ1) is 27.0. The van der Waals surface area contributed by atoms with Gasteiger partial charge in [0.1, 0.15) is 12.7 Å². The van der Waals surface area contributed by atoms with Crippen LogP contribution in [0.15, 0.2) is 48.6 Å². The van der Waals surface area contributed by atoms with Gasteiger partial charge in [-0.25, -0.2) is 9.13 Å². The van der Waals surface area contributed by atoms with Crippen molar-refractivity contribution >= 4 is 27.6 Å². The monoisotopic (exact) mass is 854 g/mol. The van der Waals surface area contributed by atoms with Crippen molar-refractivity contribution < 1.29 is 71.8 Å². The highest BCUT2D eigenvalue weighted by Gasteiger charge is 2.28. The first-order valence-corrected chi connectivity index (χ1v) is 23.4. The third-order valence-electron chi connectivity index (χ3n) is 8.33. The van der Waals surface area contributed by atoms with Crippen molar-refractivity contribution in [1.82, 2.24) is 0 Å². The topological polar surface area (TPSA) is 236 Å². The van der Waals surface area contributed by atoms with Crippen molar-refractivity contribution in [2.24, 2.45) is 5.92 Å². The van der Waals surface area contributed by atoms with Crippen LogP contribution in [0.1, 0.15) is 136 Å². The first-order valence-electron chi connectivity index (χ1n) is 20.4. The van der Waals surface area contributed by atoms with E-state index in [1.165, 1.54) is 38.5 Å². The molecule has 0 aromatic carbocycles. The number of rotatable bonds is 37. The van der Waals surface area contributed by atoms with Crippen molar-refractivity contribution in [1.29, 1.82) is 0 Å². The molecule has 0 radical (unpaired) electrons. The molecule has 0 saturated carbocycles. The van der Waals surface area contributed by atoms with Crippen molar-refractivity contribution in [2.45, 2.75) is 161 Å². The summed E-state index contributed by atoms with van der Waals surface area (Å²) in [5.41, 5.74) is 0. The maximum absolute atomic E-state index is 12.6. The van der Waals surface area contributed by atoms with Crippen LogP contribution >= 0.6 is 15.6 Å². The fraction of sp³-hybridized carbons (Fsp3) is 0.750. The van der Waals surface area contributed by atoms with E-state index in [0.717, 1.165) is 44.4 Å². The molecule has 0 aromatic heterocycles. The Morgan fingerprint density at radius 3 is 1.82 bits per heavy atom. The normalized spacial score (nSPS) is 15.8. The maximum atomic E-state index is 12.6. The largest absolute Gasteiger partial charge is 0.472 e. The molecule has 57 heavy (non-hydrogen) atoms. The van der Waals surface area contributed by atoms with Crippen molar-refractivity contribution in [3.63, 3.8) is 0 Å². The number of unbranched alkanes of at least 4 members (excludes halogenated alkanes) is 10. The number of aliphatic hydroxyl groups excluding tert-OH is 3. The molecule has 0 bridgehead atoms. The third-order valence-corrected chi connectivity index (χ3v) is 9.76. The van der Waals surface area contributed by atoms with Crippen molar-refractivity contribution in [2.75, 3.05) is 26.4 Å². The Bertz CT molecular complexity index is 1250. The highest BCUT2D eigenvalue weighted by atomic mass is 31.2. The molecule has 0 rings (SSSR count). The molecule has 0 fully saturated rings. The van der Waals surface area contributed by atoms with Gasteiger partial charge in [0.05, 0.1) is 32.0 Å². The molecule has 0 spiro atoms. The highest BCUT2D eigenvalue weighted by molar-refractivity contribution is 7.47. The van der Waals surface area contributed by atoms with E-state index >= 15 is 0 Å². The minimum absolute atomic E-state index is 0.0656. The molecule has 0 aliphatic carbocycles. The number of hydrogen-bond donors (Lipinski definition) is 6. The summed E-state index contributed by atoms with van der Waals surface area (Å²) in [5.74, 6) is -0.560. The molecule has 15 nitrogen and oxygen atoms in total. The van der Waals surface area contributed by atoms with E-state index in [1.807, 2.05) is 6.08 Å². The van der Waals surface area contributed by atoms with E-state index in [0.29, 0.717) is 12.8 Å². The van der Waals surface area contributed by atoms with Crippen LogP contribution < -0.4 is 0 Å². The second-order valence-corrected chi connectivity index (χ2v) is 17.1. The van der Waals surface area contributed by atoms with Gasteiger partial charge in [-0.3, -0.25) is 23.2 Å². The first kappa shape index (κ1) is 55.0. The van der Waals surface area contributed by atoms with Crippen LogP contribution in [-0.4, -0.2) is 92.8 Å². The van der Waals surface area contributed by atoms with E-state index in [4.69, 9.17) is 23.8 Å². The fourth-order valence-electron chi connectivity index (χ4n) is 5.14. The average Bonchev–Trinajstić information content (AvgIpc) is 3.14. The highest BCUT2D eigenvalue weighted by Crippen LogP contribution is 2.43. The summed E-state index contributed by atoms with van der Waals surface area (Å²) < 4.78 is 47.4. The van der Waals surface area contributed by atoms with Gasteiger partial charge in [0.2, 0.25) is 0 Å². The van der Waals surface area contributed by atoms with Gasteiger partial charge in [0.25, 0.3) is 0 Å². The molecule has 17 heteroatoms. The zero-order chi connectivity index (χ0) is 42.8. The van der Waals surface area contributed by atoms with Gasteiger partial charge >= 0.3 is 27.6 Å². The third kappa shape index (κ3) is 39.2. The summed E-state index contributed by atoms with van der Waals surface area (Å²) in [6, 6.07) is 0. The quantitative estimate of drug-likeness (QED) is 0.0116. The van der Waals surface area contributed by atoms with Crippen molar-refractivity contribution in [3.8, 4) is 0 Å². The lowest BCUT2D eigenvalue weighted by Gasteiger charge is -2.20. The summed E-state index contributed by atoms with van der Waals surface area (Å²) in [6.45, 7) is 3.64. The SMILES string of the molecule is CCCCC/C=C\C[C@@H](O)/C=C/C=C/C=C\[C@@H](O)CCCC(=O)OC[C@H](COP(=O)(O)OC[C@@H](O)COP(=O)(O)O)OC(=O)CCCCCCCCCCC(C)C. The number of hydrogen-bond acceptors (Lipinski definition) is 12. The Morgan fingerprint density at radius 2 is 1.19 bits per heavy atom. The number of allylic oxidation sites excluding steroid dienone is 5. The molecule has 0 saturated heterocycles. The van der Waals surface area contributed by atoms with Gasteiger partial charge in [-0.15, -0.1) is 0 Å². The lowest BCUT2D eigenvalue weighted by atomic mass is 10.0. The van der Waals surface area contributed by atoms with Crippen LogP contribution in [0.4, 0.5) is 0 Å². The predicted molar refractivity (Wildman–Crippen MR) is 219 cm³/mol. The Balaban J connectivity index is 4.80. The molecule has 0 aromatic rings. The molecule has 332 valence electrons. The molecule has 0 aliphatic heterocycles. The lowest BCUT2D eigenvalue weighted by Crippen LogP contribution is -2.30. The average molecular weight is 855 g/mol. The Kier molecular flexibility index (Phi) is 33.6. The van der Waals surface area contributed by atoms with Gasteiger partial charge in [-0.1, -0.05) is 134 Å². The molecule has 0 heterocycles. The molecule has 6 N–H and O–H groups in total. The smallest absolute Gasteiger partial charge is 0.462 e. The summed E-state index contributed by atoms with van der Waals surface area (Å²) >= 11 is 0. The number of phosphoric ester groups is 2. The number of carbonyl (C=O) groups excluding carboxylic acids is 2. The van der Waals surface area contributed by atoms with E-state index in [9.17, 15) is 38.9 Å². The molecular formula is C40H72O15P2. The van der Waals surface area contributed by atoms with Crippen molar-refractivity contribution in [3.05, 3.63) is 48.6 Å². The predicted octanol–water partition coefficient (Wildman–Crippen LogP) is 7.69.